The summed E-state index contributed by atoms with van der Waals surface area (Å²) in [5.74, 6) is 1.61. The van der Waals surface area contributed by atoms with Gasteiger partial charge in [0, 0.05) is 31.2 Å². The van der Waals surface area contributed by atoms with Crippen LogP contribution in [0, 0.1) is 11.8 Å². The first-order valence-electron chi connectivity index (χ1n) is 8.85. The summed E-state index contributed by atoms with van der Waals surface area (Å²) in [7, 11) is 0. The summed E-state index contributed by atoms with van der Waals surface area (Å²) in [5, 5.41) is 0. The van der Waals surface area contributed by atoms with Gasteiger partial charge in [0.15, 0.2) is 0 Å². The van der Waals surface area contributed by atoms with Crippen LogP contribution in [0.2, 0.25) is 0 Å². The summed E-state index contributed by atoms with van der Waals surface area (Å²) < 4.78 is 0. The number of rotatable bonds is 2. The lowest BCUT2D eigenvalue weighted by molar-refractivity contribution is -0.00731. The van der Waals surface area contributed by atoms with Crippen LogP contribution < -0.4 is 5.73 Å². The molecule has 0 aromatic heterocycles. The molecule has 3 heteroatoms. The fourth-order valence-corrected chi connectivity index (χ4v) is 5.18. The zero-order valence-electron chi connectivity index (χ0n) is 13.5. The molecule has 2 aliphatic heterocycles. The highest BCUT2D eigenvalue weighted by Gasteiger charge is 2.45. The van der Waals surface area contributed by atoms with Crippen LogP contribution in [-0.2, 0) is 0 Å². The molecule has 116 valence electrons. The average Bonchev–Trinajstić information content (AvgIpc) is 2.79. The third-order valence-corrected chi connectivity index (χ3v) is 6.50. The summed E-state index contributed by atoms with van der Waals surface area (Å²) in [6, 6.07) is 0.811. The van der Waals surface area contributed by atoms with Gasteiger partial charge in [-0.3, -0.25) is 9.80 Å². The van der Waals surface area contributed by atoms with Crippen molar-refractivity contribution in [3.05, 3.63) is 0 Å². The Hall–Kier alpha value is -0.120. The fraction of sp³-hybridized carbons (Fsp3) is 1.00. The Morgan fingerprint density at radius 2 is 1.85 bits per heavy atom. The van der Waals surface area contributed by atoms with Gasteiger partial charge < -0.3 is 5.73 Å². The van der Waals surface area contributed by atoms with Gasteiger partial charge in [0.2, 0.25) is 0 Å². The molecule has 3 aliphatic rings. The molecule has 3 nitrogen and oxygen atoms in total. The van der Waals surface area contributed by atoms with E-state index in [-0.39, 0.29) is 5.54 Å². The number of hydrogen-bond donors (Lipinski definition) is 1. The predicted octanol–water partition coefficient (Wildman–Crippen LogP) is 2.31. The van der Waals surface area contributed by atoms with E-state index in [0.29, 0.717) is 0 Å². The van der Waals surface area contributed by atoms with Crippen LogP contribution in [0.25, 0.3) is 0 Å². The van der Waals surface area contributed by atoms with E-state index < -0.39 is 0 Å². The van der Waals surface area contributed by atoms with Crippen LogP contribution in [0.4, 0.5) is 0 Å². The molecule has 4 atom stereocenters. The third-order valence-electron chi connectivity index (χ3n) is 6.50. The van der Waals surface area contributed by atoms with Crippen molar-refractivity contribution in [1.29, 1.82) is 0 Å². The summed E-state index contributed by atoms with van der Waals surface area (Å²) in [6.45, 7) is 10.9. The largest absolute Gasteiger partial charge is 0.329 e. The SMILES string of the molecule is CC1CCC(C)C(CN)(N2CCCN3CCCC3C2)C1. The van der Waals surface area contributed by atoms with E-state index in [9.17, 15) is 0 Å². The molecular formula is C17H33N3. The topological polar surface area (TPSA) is 32.5 Å². The lowest BCUT2D eigenvalue weighted by atomic mass is 9.68. The smallest absolute Gasteiger partial charge is 0.0360 e. The zero-order valence-corrected chi connectivity index (χ0v) is 13.5. The highest BCUT2D eigenvalue weighted by molar-refractivity contribution is 5.02. The molecule has 0 spiro atoms. The van der Waals surface area contributed by atoms with Gasteiger partial charge in [-0.05, 0) is 57.0 Å². The second-order valence-corrected chi connectivity index (χ2v) is 7.73. The monoisotopic (exact) mass is 279 g/mol. The maximum Gasteiger partial charge on any atom is 0.0360 e. The molecule has 0 radical (unpaired) electrons. The molecule has 2 saturated heterocycles. The Labute approximate surface area is 124 Å². The second-order valence-electron chi connectivity index (χ2n) is 7.73. The Balaban J connectivity index is 1.80. The van der Waals surface area contributed by atoms with Crippen molar-refractivity contribution in [3.63, 3.8) is 0 Å². The Morgan fingerprint density at radius 1 is 1.05 bits per heavy atom. The minimum atomic E-state index is 0.288. The van der Waals surface area contributed by atoms with Crippen LogP contribution in [0.3, 0.4) is 0 Å². The van der Waals surface area contributed by atoms with Crippen molar-refractivity contribution in [1.82, 2.24) is 9.80 Å². The quantitative estimate of drug-likeness (QED) is 0.842. The van der Waals surface area contributed by atoms with Crippen molar-refractivity contribution < 1.29 is 0 Å². The fourth-order valence-electron chi connectivity index (χ4n) is 5.18. The first kappa shape index (κ1) is 14.8. The molecule has 3 rings (SSSR count). The summed E-state index contributed by atoms with van der Waals surface area (Å²) in [5.41, 5.74) is 6.64. The Bertz CT molecular complexity index is 332. The van der Waals surface area contributed by atoms with E-state index in [1.807, 2.05) is 0 Å². The molecule has 2 heterocycles. The van der Waals surface area contributed by atoms with Crippen LogP contribution in [-0.4, -0.2) is 54.1 Å². The first-order valence-corrected chi connectivity index (χ1v) is 8.85. The third kappa shape index (κ3) is 2.53. The van der Waals surface area contributed by atoms with Gasteiger partial charge in [-0.25, -0.2) is 0 Å². The minimum absolute atomic E-state index is 0.288. The van der Waals surface area contributed by atoms with E-state index in [1.54, 1.807) is 0 Å². The molecule has 4 unspecified atom stereocenters. The second kappa shape index (κ2) is 5.94. The summed E-state index contributed by atoms with van der Waals surface area (Å²) in [4.78, 5) is 5.56. The molecule has 0 aromatic rings. The first-order chi connectivity index (χ1) is 9.65. The van der Waals surface area contributed by atoms with Gasteiger partial charge in [0.25, 0.3) is 0 Å². The summed E-state index contributed by atoms with van der Waals surface area (Å²) in [6.07, 6.45) is 8.22. The van der Waals surface area contributed by atoms with Crippen LogP contribution in [0.5, 0.6) is 0 Å². The van der Waals surface area contributed by atoms with E-state index in [0.717, 1.165) is 24.4 Å². The van der Waals surface area contributed by atoms with E-state index >= 15 is 0 Å². The van der Waals surface area contributed by atoms with Gasteiger partial charge >= 0.3 is 0 Å². The van der Waals surface area contributed by atoms with Gasteiger partial charge in [0.1, 0.15) is 0 Å². The van der Waals surface area contributed by atoms with E-state index in [2.05, 4.69) is 23.6 Å². The number of hydrogen-bond acceptors (Lipinski definition) is 3. The van der Waals surface area contributed by atoms with Crippen molar-refractivity contribution in [2.75, 3.05) is 32.7 Å². The number of fused-ring (bicyclic) bond motifs is 1. The molecular weight excluding hydrogens is 246 g/mol. The van der Waals surface area contributed by atoms with Crippen molar-refractivity contribution >= 4 is 0 Å². The molecule has 1 aliphatic carbocycles. The zero-order chi connectivity index (χ0) is 14.2. The van der Waals surface area contributed by atoms with Crippen LogP contribution >= 0.6 is 0 Å². The standard InChI is InChI=1S/C17H33N3/c1-14-6-7-15(2)17(11-14,13-18)20-10-4-9-19-8-3-5-16(19)12-20/h14-16H,3-13,18H2,1-2H3. The number of nitrogens with two attached hydrogens (primary N) is 1. The van der Waals surface area contributed by atoms with Crippen molar-refractivity contribution in [3.8, 4) is 0 Å². The van der Waals surface area contributed by atoms with Crippen LogP contribution in [0.15, 0.2) is 0 Å². The Morgan fingerprint density at radius 3 is 2.65 bits per heavy atom. The van der Waals surface area contributed by atoms with E-state index in [4.69, 9.17) is 5.73 Å². The maximum atomic E-state index is 6.35. The lowest BCUT2D eigenvalue weighted by Gasteiger charge is -2.52. The molecule has 2 N–H and O–H groups in total. The van der Waals surface area contributed by atoms with Gasteiger partial charge in [-0.15, -0.1) is 0 Å². The number of nitrogens with zero attached hydrogens (tertiary/aromatic N) is 2. The lowest BCUT2D eigenvalue weighted by Crippen LogP contribution is -2.61. The predicted molar refractivity (Wildman–Crippen MR) is 84.7 cm³/mol. The molecule has 0 amide bonds. The molecule has 3 fully saturated rings. The normalized spacial score (nSPS) is 44.2. The van der Waals surface area contributed by atoms with Crippen LogP contribution in [0.1, 0.15) is 52.4 Å². The van der Waals surface area contributed by atoms with Gasteiger partial charge in [-0.1, -0.05) is 20.3 Å². The molecule has 0 aromatic carbocycles. The van der Waals surface area contributed by atoms with Crippen molar-refractivity contribution in [2.45, 2.75) is 64.0 Å². The minimum Gasteiger partial charge on any atom is -0.329 e. The average molecular weight is 279 g/mol. The molecule has 0 bridgehead atoms. The van der Waals surface area contributed by atoms with Gasteiger partial charge in [-0.2, -0.15) is 0 Å². The highest BCUT2D eigenvalue weighted by Crippen LogP contribution is 2.41. The summed E-state index contributed by atoms with van der Waals surface area (Å²) >= 11 is 0. The van der Waals surface area contributed by atoms with Crippen molar-refractivity contribution in [2.24, 2.45) is 17.6 Å². The molecule has 1 saturated carbocycles. The maximum absolute atomic E-state index is 6.35. The van der Waals surface area contributed by atoms with E-state index in [1.165, 1.54) is 64.7 Å². The highest BCUT2D eigenvalue weighted by atomic mass is 15.3. The molecule has 20 heavy (non-hydrogen) atoms. The van der Waals surface area contributed by atoms with Gasteiger partial charge in [0.05, 0.1) is 0 Å². The Kier molecular flexibility index (Phi) is 4.40.